The second-order valence-corrected chi connectivity index (χ2v) is 3.67. The summed E-state index contributed by atoms with van der Waals surface area (Å²) in [5, 5.41) is 9.54. The van der Waals surface area contributed by atoms with Crippen LogP contribution in [0.4, 0.5) is 0 Å². The Bertz CT molecular complexity index is 495. The first-order valence-corrected chi connectivity index (χ1v) is 5.68. The summed E-state index contributed by atoms with van der Waals surface area (Å²) >= 11 is 0. The fourth-order valence-corrected chi connectivity index (χ4v) is 1.63. The largest absolute Gasteiger partial charge is 0.507 e. The van der Waals surface area contributed by atoms with Crippen molar-refractivity contribution in [1.82, 2.24) is 0 Å². The van der Waals surface area contributed by atoms with Crippen molar-refractivity contribution in [1.29, 1.82) is 0 Å². The summed E-state index contributed by atoms with van der Waals surface area (Å²) in [6.45, 7) is 0. The topological polar surface area (TPSA) is 63.3 Å². The molecule has 18 heavy (non-hydrogen) atoms. The summed E-state index contributed by atoms with van der Waals surface area (Å²) in [7, 11) is 1.50. The lowest BCUT2D eigenvalue weighted by Gasteiger charge is -2.03. The Hall–Kier alpha value is -2.13. The molecule has 0 amide bonds. The molecule has 3 nitrogen and oxygen atoms in total. The number of aldehydes is 1. The van der Waals surface area contributed by atoms with Crippen LogP contribution in [0, 0.1) is 0 Å². The van der Waals surface area contributed by atoms with Gasteiger partial charge in [-0.15, -0.1) is 0 Å². The van der Waals surface area contributed by atoms with E-state index in [0.717, 1.165) is 12.0 Å². The molecule has 0 unspecified atom stereocenters. The Balaban J connectivity index is 0.000000771. The number of hydrogen-bond acceptors (Lipinski definition) is 3. The zero-order valence-electron chi connectivity index (χ0n) is 10.3. The van der Waals surface area contributed by atoms with Crippen LogP contribution in [0.3, 0.4) is 0 Å². The minimum atomic E-state index is 0.0448. The highest BCUT2D eigenvalue weighted by Gasteiger charge is 2.02. The molecule has 0 saturated carbocycles. The molecule has 0 aliphatic carbocycles. The maximum absolute atomic E-state index is 10.5. The molecule has 0 bridgehead atoms. The zero-order valence-corrected chi connectivity index (χ0v) is 10.3. The van der Waals surface area contributed by atoms with Gasteiger partial charge in [-0.25, -0.2) is 0 Å². The van der Waals surface area contributed by atoms with Gasteiger partial charge in [0.1, 0.15) is 5.75 Å². The summed E-state index contributed by atoms with van der Waals surface area (Å²) in [6, 6.07) is 15.1. The van der Waals surface area contributed by atoms with E-state index >= 15 is 0 Å². The van der Waals surface area contributed by atoms with Gasteiger partial charge in [0, 0.05) is 0 Å². The Morgan fingerprint density at radius 2 is 1.72 bits per heavy atom. The first kappa shape index (κ1) is 13.9. The maximum atomic E-state index is 10.5. The molecular weight excluding hydrogens is 226 g/mol. The van der Waals surface area contributed by atoms with Crippen molar-refractivity contribution in [2.24, 2.45) is 5.73 Å². The number of benzene rings is 2. The Kier molecular flexibility index (Phi) is 5.61. The van der Waals surface area contributed by atoms with Crippen LogP contribution in [0.1, 0.15) is 21.5 Å². The number of phenolic OH excluding ortho intramolecular Hbond substituents is 1. The second-order valence-electron chi connectivity index (χ2n) is 3.67. The van der Waals surface area contributed by atoms with Crippen molar-refractivity contribution < 1.29 is 9.90 Å². The number of aromatic hydroxyl groups is 1. The molecule has 94 valence electrons. The van der Waals surface area contributed by atoms with Crippen LogP contribution in [0.5, 0.6) is 5.75 Å². The highest BCUT2D eigenvalue weighted by molar-refractivity contribution is 5.79. The van der Waals surface area contributed by atoms with Gasteiger partial charge < -0.3 is 10.8 Å². The monoisotopic (exact) mass is 243 g/mol. The van der Waals surface area contributed by atoms with E-state index in [4.69, 9.17) is 0 Å². The third-order valence-corrected chi connectivity index (χ3v) is 2.47. The molecule has 0 radical (unpaired) electrons. The van der Waals surface area contributed by atoms with Gasteiger partial charge in [0.2, 0.25) is 0 Å². The number of phenols is 1. The van der Waals surface area contributed by atoms with Gasteiger partial charge in [-0.3, -0.25) is 4.79 Å². The summed E-state index contributed by atoms with van der Waals surface area (Å²) in [5.74, 6) is 0.0448. The third-order valence-electron chi connectivity index (χ3n) is 2.47. The molecule has 2 aromatic rings. The van der Waals surface area contributed by atoms with Gasteiger partial charge in [-0.1, -0.05) is 36.4 Å². The van der Waals surface area contributed by atoms with Crippen LogP contribution in [0.15, 0.2) is 48.5 Å². The van der Waals surface area contributed by atoms with Gasteiger partial charge in [-0.2, -0.15) is 0 Å². The van der Waals surface area contributed by atoms with Crippen LogP contribution in [0.25, 0.3) is 0 Å². The lowest BCUT2D eigenvalue weighted by atomic mass is 10.0. The van der Waals surface area contributed by atoms with Gasteiger partial charge in [-0.05, 0) is 36.7 Å². The fraction of sp³-hybridized carbons (Fsp3) is 0.133. The molecule has 2 rings (SSSR count). The Morgan fingerprint density at radius 1 is 1.06 bits per heavy atom. The molecule has 0 aromatic heterocycles. The van der Waals surface area contributed by atoms with Gasteiger partial charge >= 0.3 is 0 Å². The van der Waals surface area contributed by atoms with E-state index < -0.39 is 0 Å². The minimum Gasteiger partial charge on any atom is -0.507 e. The van der Waals surface area contributed by atoms with Crippen molar-refractivity contribution in [2.75, 3.05) is 7.05 Å². The number of hydrogen-bond donors (Lipinski definition) is 2. The maximum Gasteiger partial charge on any atom is 0.153 e. The second kappa shape index (κ2) is 7.25. The van der Waals surface area contributed by atoms with Crippen molar-refractivity contribution in [2.45, 2.75) is 6.42 Å². The van der Waals surface area contributed by atoms with Crippen LogP contribution >= 0.6 is 0 Å². The average Bonchev–Trinajstić information content (AvgIpc) is 2.42. The normalized spacial score (nSPS) is 9.22. The lowest BCUT2D eigenvalue weighted by Crippen LogP contribution is -1.89. The summed E-state index contributed by atoms with van der Waals surface area (Å²) in [6.07, 6.45) is 1.41. The highest BCUT2D eigenvalue weighted by Crippen LogP contribution is 2.19. The molecule has 2 aromatic carbocycles. The zero-order chi connectivity index (χ0) is 13.4. The summed E-state index contributed by atoms with van der Waals surface area (Å²) in [4.78, 5) is 10.5. The van der Waals surface area contributed by atoms with Crippen molar-refractivity contribution >= 4 is 6.29 Å². The van der Waals surface area contributed by atoms with E-state index in [1.54, 1.807) is 12.1 Å². The summed E-state index contributed by atoms with van der Waals surface area (Å²) < 4.78 is 0. The third kappa shape index (κ3) is 3.71. The number of carbonyl (C=O) groups excluding carboxylic acids is 1. The van der Waals surface area contributed by atoms with Gasteiger partial charge in [0.15, 0.2) is 6.29 Å². The molecular formula is C15H17NO2. The number of nitrogens with two attached hydrogens (primary N) is 1. The molecule has 0 heterocycles. The predicted molar refractivity (Wildman–Crippen MR) is 72.9 cm³/mol. The fourth-order valence-electron chi connectivity index (χ4n) is 1.63. The molecule has 0 saturated heterocycles. The van der Waals surface area contributed by atoms with E-state index in [1.807, 2.05) is 36.4 Å². The van der Waals surface area contributed by atoms with E-state index in [1.165, 1.54) is 12.6 Å². The average molecular weight is 243 g/mol. The van der Waals surface area contributed by atoms with Crippen LogP contribution in [0.2, 0.25) is 0 Å². The smallest absolute Gasteiger partial charge is 0.153 e. The van der Waals surface area contributed by atoms with Crippen molar-refractivity contribution in [3.8, 4) is 5.75 Å². The minimum absolute atomic E-state index is 0.0448. The summed E-state index contributed by atoms with van der Waals surface area (Å²) in [5.41, 5.74) is 7.01. The van der Waals surface area contributed by atoms with Gasteiger partial charge in [0.05, 0.1) is 5.56 Å². The number of rotatable bonds is 3. The standard InChI is InChI=1S/C14H12O2.CH5N/c15-10-13-7-6-12(9-14(13)16)8-11-4-2-1-3-5-11;1-2/h1-7,9-10,16H,8H2;2H2,1H3. The van der Waals surface area contributed by atoms with Crippen molar-refractivity contribution in [3.05, 3.63) is 65.2 Å². The SMILES string of the molecule is CN.O=Cc1ccc(Cc2ccccc2)cc1O. The number of carbonyl (C=O) groups is 1. The molecule has 0 atom stereocenters. The first-order valence-electron chi connectivity index (χ1n) is 5.68. The Labute approximate surface area is 107 Å². The van der Waals surface area contributed by atoms with Crippen LogP contribution in [-0.4, -0.2) is 18.4 Å². The van der Waals surface area contributed by atoms with Crippen molar-refractivity contribution in [3.63, 3.8) is 0 Å². The quantitative estimate of drug-likeness (QED) is 0.813. The van der Waals surface area contributed by atoms with Crippen LogP contribution in [-0.2, 0) is 6.42 Å². The molecule has 0 fully saturated rings. The first-order chi connectivity index (χ1) is 8.79. The Morgan fingerprint density at radius 3 is 2.28 bits per heavy atom. The van der Waals surface area contributed by atoms with E-state index in [-0.39, 0.29) is 5.75 Å². The highest BCUT2D eigenvalue weighted by atomic mass is 16.3. The lowest BCUT2D eigenvalue weighted by molar-refractivity contribution is 0.112. The molecule has 0 aliphatic rings. The van der Waals surface area contributed by atoms with Gasteiger partial charge in [0.25, 0.3) is 0 Å². The molecule has 3 N–H and O–H groups in total. The van der Waals surface area contributed by atoms with E-state index in [0.29, 0.717) is 11.8 Å². The molecule has 0 spiro atoms. The van der Waals surface area contributed by atoms with E-state index in [2.05, 4.69) is 5.73 Å². The molecule has 3 heteroatoms. The molecule has 0 aliphatic heterocycles. The predicted octanol–water partition coefficient (Wildman–Crippen LogP) is 2.37. The van der Waals surface area contributed by atoms with Crippen LogP contribution < -0.4 is 5.73 Å². The van der Waals surface area contributed by atoms with E-state index in [9.17, 15) is 9.90 Å².